The van der Waals surface area contributed by atoms with Crippen molar-refractivity contribution in [3.05, 3.63) is 12.1 Å². The lowest BCUT2D eigenvalue weighted by Gasteiger charge is -2.00. The van der Waals surface area contributed by atoms with E-state index < -0.39 is 0 Å². The van der Waals surface area contributed by atoms with Crippen LogP contribution in [-0.4, -0.2) is 32.1 Å². The van der Waals surface area contributed by atoms with E-state index in [4.69, 9.17) is 4.52 Å². The number of hydrogen-bond donors (Lipinski definition) is 2. The lowest BCUT2D eigenvalue weighted by atomic mass is 10.2. The second-order valence-electron chi connectivity index (χ2n) is 3.46. The van der Waals surface area contributed by atoms with Crippen LogP contribution in [0.5, 0.6) is 0 Å². The summed E-state index contributed by atoms with van der Waals surface area (Å²) in [4.78, 5) is 4.27. The first-order chi connectivity index (χ1) is 7.43. The first-order valence-electron chi connectivity index (χ1n) is 4.86. The fraction of sp³-hybridized carbons (Fsp3) is 0.500. The molecule has 0 aromatic carbocycles. The molecule has 0 spiro atoms. The Morgan fingerprint density at radius 1 is 1.47 bits per heavy atom. The number of nitrogens with zero attached hydrogens (tertiary/aromatic N) is 4. The van der Waals surface area contributed by atoms with E-state index in [1.807, 2.05) is 0 Å². The number of aromatic amines is 1. The van der Waals surface area contributed by atoms with E-state index in [9.17, 15) is 0 Å². The van der Waals surface area contributed by atoms with Gasteiger partial charge in [0.2, 0.25) is 11.7 Å². The fourth-order valence-electron chi connectivity index (χ4n) is 1.69. The largest absolute Gasteiger partial charge is 0.337 e. The summed E-state index contributed by atoms with van der Waals surface area (Å²) < 4.78 is 5.17. The van der Waals surface area contributed by atoms with Gasteiger partial charge in [0.05, 0.1) is 12.2 Å². The predicted octanol–water partition coefficient (Wildman–Crippen LogP) is 0.279. The third-order valence-electron chi connectivity index (χ3n) is 2.44. The van der Waals surface area contributed by atoms with Crippen LogP contribution in [0.1, 0.15) is 24.8 Å². The molecule has 7 heteroatoms. The van der Waals surface area contributed by atoms with Gasteiger partial charge in [-0.25, -0.2) is 0 Å². The molecule has 0 saturated carbocycles. The molecule has 0 amide bonds. The first kappa shape index (κ1) is 8.54. The Hall–Kier alpha value is -1.76. The zero-order valence-corrected chi connectivity index (χ0v) is 7.97. The smallest absolute Gasteiger partial charge is 0.244 e. The van der Waals surface area contributed by atoms with Crippen LogP contribution in [0.4, 0.5) is 0 Å². The summed E-state index contributed by atoms with van der Waals surface area (Å²) in [7, 11) is 0. The standard InChI is InChI=1S/C8H10N6O/c1-2-5(9-3-1)8-11-7(13-15-8)6-4-10-14-12-6/h4-5,9H,1-3H2,(H,10,12,14)/t5-/m0/s1. The highest BCUT2D eigenvalue weighted by atomic mass is 16.5. The highest BCUT2D eigenvalue weighted by Gasteiger charge is 2.23. The van der Waals surface area contributed by atoms with Crippen molar-refractivity contribution in [1.82, 2.24) is 30.9 Å². The summed E-state index contributed by atoms with van der Waals surface area (Å²) >= 11 is 0. The zero-order chi connectivity index (χ0) is 10.1. The van der Waals surface area contributed by atoms with Crippen LogP contribution in [0.25, 0.3) is 11.5 Å². The summed E-state index contributed by atoms with van der Waals surface area (Å²) in [6.45, 7) is 1.01. The van der Waals surface area contributed by atoms with Crippen molar-refractivity contribution in [2.75, 3.05) is 6.54 Å². The van der Waals surface area contributed by atoms with Crippen LogP contribution in [0.3, 0.4) is 0 Å². The second-order valence-corrected chi connectivity index (χ2v) is 3.46. The van der Waals surface area contributed by atoms with E-state index in [1.165, 1.54) is 0 Å². The van der Waals surface area contributed by atoms with Crippen molar-refractivity contribution >= 4 is 0 Å². The molecule has 3 rings (SSSR count). The van der Waals surface area contributed by atoms with Crippen LogP contribution < -0.4 is 5.32 Å². The van der Waals surface area contributed by atoms with Gasteiger partial charge in [0.25, 0.3) is 0 Å². The highest BCUT2D eigenvalue weighted by molar-refractivity contribution is 5.44. The number of hydrogen-bond acceptors (Lipinski definition) is 6. The molecule has 2 N–H and O–H groups in total. The van der Waals surface area contributed by atoms with Gasteiger partial charge in [-0.3, -0.25) is 0 Å². The summed E-state index contributed by atoms with van der Waals surface area (Å²) in [5.41, 5.74) is 0.600. The van der Waals surface area contributed by atoms with E-state index in [1.54, 1.807) is 6.20 Å². The molecule has 1 atom stereocenters. The molecule has 0 radical (unpaired) electrons. The van der Waals surface area contributed by atoms with Gasteiger partial charge >= 0.3 is 0 Å². The quantitative estimate of drug-likeness (QED) is 0.733. The fourth-order valence-corrected chi connectivity index (χ4v) is 1.69. The molecule has 0 aliphatic carbocycles. The minimum Gasteiger partial charge on any atom is -0.337 e. The summed E-state index contributed by atoms with van der Waals surface area (Å²) in [6, 6.07) is 0.193. The summed E-state index contributed by atoms with van der Waals surface area (Å²) in [5.74, 6) is 1.11. The van der Waals surface area contributed by atoms with Crippen molar-refractivity contribution in [2.45, 2.75) is 18.9 Å². The van der Waals surface area contributed by atoms with Gasteiger partial charge in [0.1, 0.15) is 0 Å². The molecular formula is C8H10N6O. The zero-order valence-electron chi connectivity index (χ0n) is 7.97. The van der Waals surface area contributed by atoms with Crippen LogP contribution in [-0.2, 0) is 0 Å². The van der Waals surface area contributed by atoms with Crippen molar-refractivity contribution in [2.24, 2.45) is 0 Å². The molecule has 0 unspecified atom stereocenters. The summed E-state index contributed by atoms with van der Waals surface area (Å²) in [5, 5.41) is 17.2. The molecule has 7 nitrogen and oxygen atoms in total. The van der Waals surface area contributed by atoms with Crippen molar-refractivity contribution in [1.29, 1.82) is 0 Å². The van der Waals surface area contributed by atoms with Gasteiger partial charge in [0, 0.05) is 0 Å². The SMILES string of the molecule is c1n[nH]nc1-c1noc([C@@H]2CCCN2)n1. The minimum absolute atomic E-state index is 0.193. The predicted molar refractivity (Wildman–Crippen MR) is 49.7 cm³/mol. The Morgan fingerprint density at radius 3 is 3.20 bits per heavy atom. The third-order valence-corrected chi connectivity index (χ3v) is 2.44. The van der Waals surface area contributed by atoms with Gasteiger partial charge in [-0.1, -0.05) is 5.16 Å². The topological polar surface area (TPSA) is 92.5 Å². The number of aromatic nitrogens is 5. The second kappa shape index (κ2) is 3.43. The average molecular weight is 206 g/mol. The lowest BCUT2D eigenvalue weighted by molar-refractivity contribution is 0.345. The van der Waals surface area contributed by atoms with Gasteiger partial charge < -0.3 is 9.84 Å². The molecule has 15 heavy (non-hydrogen) atoms. The van der Waals surface area contributed by atoms with E-state index in [2.05, 4.69) is 30.9 Å². The van der Waals surface area contributed by atoms with E-state index in [-0.39, 0.29) is 6.04 Å². The molecule has 1 fully saturated rings. The third kappa shape index (κ3) is 1.50. The van der Waals surface area contributed by atoms with Crippen LogP contribution in [0.15, 0.2) is 10.7 Å². The number of rotatable bonds is 2. The van der Waals surface area contributed by atoms with Crippen LogP contribution >= 0.6 is 0 Å². The van der Waals surface area contributed by atoms with Gasteiger partial charge in [-0.15, -0.1) is 0 Å². The maximum absolute atomic E-state index is 5.17. The normalized spacial score (nSPS) is 20.9. The van der Waals surface area contributed by atoms with Gasteiger partial charge in [-0.2, -0.15) is 20.4 Å². The van der Waals surface area contributed by atoms with E-state index in [0.717, 1.165) is 19.4 Å². The average Bonchev–Trinajstić information content (AvgIpc) is 3.02. The van der Waals surface area contributed by atoms with Crippen LogP contribution in [0.2, 0.25) is 0 Å². The highest BCUT2D eigenvalue weighted by Crippen LogP contribution is 2.22. The molecule has 2 aromatic heterocycles. The van der Waals surface area contributed by atoms with Gasteiger partial charge in [-0.05, 0) is 19.4 Å². The number of H-pyrrole nitrogens is 1. The minimum atomic E-state index is 0.193. The lowest BCUT2D eigenvalue weighted by Crippen LogP contribution is -2.12. The Morgan fingerprint density at radius 2 is 2.47 bits per heavy atom. The maximum Gasteiger partial charge on any atom is 0.244 e. The Kier molecular flexibility index (Phi) is 1.95. The number of nitrogens with one attached hydrogen (secondary N) is 2. The van der Waals surface area contributed by atoms with Crippen LogP contribution in [0, 0.1) is 0 Å². The molecule has 1 aliphatic rings. The molecular weight excluding hydrogens is 196 g/mol. The molecule has 78 valence electrons. The van der Waals surface area contributed by atoms with E-state index >= 15 is 0 Å². The van der Waals surface area contributed by atoms with Crippen molar-refractivity contribution < 1.29 is 4.52 Å². The Balaban J connectivity index is 1.87. The van der Waals surface area contributed by atoms with E-state index in [0.29, 0.717) is 17.4 Å². The molecule has 1 aliphatic heterocycles. The molecule has 0 bridgehead atoms. The van der Waals surface area contributed by atoms with Crippen molar-refractivity contribution in [3.63, 3.8) is 0 Å². The Labute approximate surface area is 85.3 Å². The first-order valence-corrected chi connectivity index (χ1v) is 4.86. The monoisotopic (exact) mass is 206 g/mol. The molecule has 1 saturated heterocycles. The maximum atomic E-state index is 5.17. The molecule has 3 heterocycles. The summed E-state index contributed by atoms with van der Waals surface area (Å²) in [6.07, 6.45) is 3.75. The molecule has 2 aromatic rings. The van der Waals surface area contributed by atoms with Gasteiger partial charge in [0.15, 0.2) is 5.69 Å². The van der Waals surface area contributed by atoms with Crippen molar-refractivity contribution in [3.8, 4) is 11.5 Å². The Bertz CT molecular complexity index is 430.